The van der Waals surface area contributed by atoms with E-state index in [-0.39, 0.29) is 11.8 Å². The van der Waals surface area contributed by atoms with Crippen molar-refractivity contribution in [1.29, 1.82) is 0 Å². The monoisotopic (exact) mass is 367 g/mol. The standard InChI is InChI=1S/C19H21N5OS/c1-2-10-24-16-6-4-3-5-15(16)21-19(24)23-11-7-14(8-12-23)17(25)22-18-20-9-13-26-18/h2-6,9,13-14H,1,7-8,10-12H2,(H,20,22,25). The number of rotatable bonds is 5. The van der Waals surface area contributed by atoms with Crippen molar-refractivity contribution in [3.63, 3.8) is 0 Å². The van der Waals surface area contributed by atoms with Crippen LogP contribution < -0.4 is 10.2 Å². The van der Waals surface area contributed by atoms with Gasteiger partial charge in [-0.1, -0.05) is 18.2 Å². The zero-order valence-corrected chi connectivity index (χ0v) is 15.3. The van der Waals surface area contributed by atoms with Crippen LogP contribution in [0.3, 0.4) is 0 Å². The summed E-state index contributed by atoms with van der Waals surface area (Å²) >= 11 is 1.45. The van der Waals surface area contributed by atoms with Crippen molar-refractivity contribution in [1.82, 2.24) is 14.5 Å². The smallest absolute Gasteiger partial charge is 0.229 e. The van der Waals surface area contributed by atoms with Gasteiger partial charge in [0.1, 0.15) is 0 Å². The molecule has 1 fully saturated rings. The van der Waals surface area contributed by atoms with Crippen LogP contribution in [0.15, 0.2) is 48.5 Å². The summed E-state index contributed by atoms with van der Waals surface area (Å²) in [6.07, 6.45) is 5.22. The van der Waals surface area contributed by atoms with Gasteiger partial charge in [-0.3, -0.25) is 4.79 Å². The number of hydrogen-bond donors (Lipinski definition) is 1. The second kappa shape index (κ2) is 7.29. The molecule has 1 saturated heterocycles. The van der Waals surface area contributed by atoms with Crippen LogP contribution in [0.4, 0.5) is 11.1 Å². The van der Waals surface area contributed by atoms with Crippen LogP contribution >= 0.6 is 11.3 Å². The maximum atomic E-state index is 12.4. The van der Waals surface area contributed by atoms with E-state index in [4.69, 9.17) is 4.98 Å². The summed E-state index contributed by atoms with van der Waals surface area (Å²) < 4.78 is 2.19. The topological polar surface area (TPSA) is 63.1 Å². The van der Waals surface area contributed by atoms with Gasteiger partial charge in [0.2, 0.25) is 11.9 Å². The molecule has 2 aromatic heterocycles. The van der Waals surface area contributed by atoms with Gasteiger partial charge in [-0.15, -0.1) is 17.9 Å². The fourth-order valence-corrected chi connectivity index (χ4v) is 3.98. The van der Waals surface area contributed by atoms with Gasteiger partial charge in [-0.2, -0.15) is 0 Å². The molecule has 0 saturated carbocycles. The third-order valence-corrected chi connectivity index (χ3v) is 5.45. The maximum absolute atomic E-state index is 12.4. The Kier molecular flexibility index (Phi) is 4.71. The molecule has 1 aliphatic rings. The Hall–Kier alpha value is -2.67. The van der Waals surface area contributed by atoms with E-state index in [0.29, 0.717) is 5.13 Å². The predicted molar refractivity (Wildman–Crippen MR) is 106 cm³/mol. The lowest BCUT2D eigenvalue weighted by Gasteiger charge is -2.32. The van der Waals surface area contributed by atoms with Crippen LogP contribution in [0.5, 0.6) is 0 Å². The summed E-state index contributed by atoms with van der Waals surface area (Å²) in [7, 11) is 0. The molecule has 1 aromatic carbocycles. The molecule has 3 aromatic rings. The first-order valence-electron chi connectivity index (χ1n) is 8.77. The van der Waals surface area contributed by atoms with Crippen LogP contribution in [0.25, 0.3) is 11.0 Å². The lowest BCUT2D eigenvalue weighted by atomic mass is 9.96. The minimum absolute atomic E-state index is 0.0207. The average Bonchev–Trinajstić information content (AvgIpc) is 3.30. The van der Waals surface area contributed by atoms with E-state index in [1.165, 1.54) is 11.3 Å². The highest BCUT2D eigenvalue weighted by molar-refractivity contribution is 7.13. The van der Waals surface area contributed by atoms with Gasteiger partial charge in [-0.05, 0) is 25.0 Å². The molecule has 3 heterocycles. The summed E-state index contributed by atoms with van der Waals surface area (Å²) in [6, 6.07) is 8.16. The minimum atomic E-state index is 0.0207. The number of imidazole rings is 1. The molecular weight excluding hydrogens is 346 g/mol. The highest BCUT2D eigenvalue weighted by Crippen LogP contribution is 2.27. The molecule has 1 N–H and O–H groups in total. The zero-order chi connectivity index (χ0) is 17.9. The number of piperidine rings is 1. The number of allylic oxidation sites excluding steroid dienone is 1. The highest BCUT2D eigenvalue weighted by Gasteiger charge is 2.27. The van der Waals surface area contributed by atoms with Gasteiger partial charge in [0.05, 0.1) is 11.0 Å². The summed E-state index contributed by atoms with van der Waals surface area (Å²) in [6.45, 7) is 6.23. The fraction of sp³-hybridized carbons (Fsp3) is 0.316. The third kappa shape index (κ3) is 3.22. The summed E-state index contributed by atoms with van der Waals surface area (Å²) in [4.78, 5) is 23.6. The summed E-state index contributed by atoms with van der Waals surface area (Å²) in [5.74, 6) is 1.05. The maximum Gasteiger partial charge on any atom is 0.229 e. The molecule has 26 heavy (non-hydrogen) atoms. The van der Waals surface area contributed by atoms with Crippen molar-refractivity contribution < 1.29 is 4.79 Å². The molecule has 0 bridgehead atoms. The van der Waals surface area contributed by atoms with E-state index < -0.39 is 0 Å². The quantitative estimate of drug-likeness (QED) is 0.701. The lowest BCUT2D eigenvalue weighted by molar-refractivity contribution is -0.120. The number of thiazole rings is 1. The van der Waals surface area contributed by atoms with Gasteiger partial charge in [-0.25, -0.2) is 9.97 Å². The fourth-order valence-electron chi connectivity index (χ4n) is 3.45. The zero-order valence-electron chi connectivity index (χ0n) is 14.5. The number of aromatic nitrogens is 3. The van der Waals surface area contributed by atoms with Crippen molar-refractivity contribution in [2.45, 2.75) is 19.4 Å². The molecule has 1 aliphatic heterocycles. The first kappa shape index (κ1) is 16.8. The molecule has 7 heteroatoms. The van der Waals surface area contributed by atoms with Crippen LogP contribution in [0.1, 0.15) is 12.8 Å². The number of carbonyl (C=O) groups is 1. The Morgan fingerprint density at radius 1 is 1.35 bits per heavy atom. The van der Waals surface area contributed by atoms with Crippen LogP contribution in [0.2, 0.25) is 0 Å². The van der Waals surface area contributed by atoms with E-state index in [0.717, 1.165) is 49.5 Å². The molecular formula is C19H21N5OS. The van der Waals surface area contributed by atoms with E-state index in [2.05, 4.69) is 32.4 Å². The summed E-state index contributed by atoms with van der Waals surface area (Å²) in [5, 5.41) is 5.45. The first-order chi connectivity index (χ1) is 12.8. The molecule has 134 valence electrons. The molecule has 6 nitrogen and oxygen atoms in total. The SMILES string of the molecule is C=CCn1c(N2CCC(C(=O)Nc3nccs3)CC2)nc2ccccc21. The molecule has 0 aliphatic carbocycles. The first-order valence-corrected chi connectivity index (χ1v) is 9.65. The number of carbonyl (C=O) groups excluding carboxylic acids is 1. The van der Waals surface area contributed by atoms with Crippen molar-refractivity contribution in [2.24, 2.45) is 5.92 Å². The predicted octanol–water partition coefficient (Wildman–Crippen LogP) is 3.53. The van der Waals surface area contributed by atoms with Crippen LogP contribution in [0, 0.1) is 5.92 Å². The van der Waals surface area contributed by atoms with Gasteiger partial charge in [0.15, 0.2) is 5.13 Å². The second-order valence-corrected chi connectivity index (χ2v) is 7.28. The molecule has 0 spiro atoms. The van der Waals surface area contributed by atoms with Crippen LogP contribution in [-0.4, -0.2) is 33.5 Å². The van der Waals surface area contributed by atoms with Crippen LogP contribution in [-0.2, 0) is 11.3 Å². The molecule has 0 unspecified atom stereocenters. The molecule has 1 amide bonds. The van der Waals surface area contributed by atoms with E-state index in [1.54, 1.807) is 6.20 Å². The third-order valence-electron chi connectivity index (χ3n) is 4.76. The van der Waals surface area contributed by atoms with E-state index in [9.17, 15) is 4.79 Å². The Morgan fingerprint density at radius 3 is 2.88 bits per heavy atom. The number of benzene rings is 1. The van der Waals surface area contributed by atoms with Crippen molar-refractivity contribution in [3.8, 4) is 0 Å². The molecule has 4 rings (SSSR count). The number of para-hydroxylation sites is 2. The van der Waals surface area contributed by atoms with Crippen molar-refractivity contribution in [2.75, 3.05) is 23.3 Å². The Bertz CT molecular complexity index is 909. The van der Waals surface area contributed by atoms with Gasteiger partial charge in [0.25, 0.3) is 0 Å². The van der Waals surface area contributed by atoms with Crippen molar-refractivity contribution in [3.05, 3.63) is 48.5 Å². The number of hydrogen-bond acceptors (Lipinski definition) is 5. The normalized spacial score (nSPS) is 15.3. The highest BCUT2D eigenvalue weighted by atomic mass is 32.1. The Balaban J connectivity index is 1.48. The number of anilines is 2. The summed E-state index contributed by atoms with van der Waals surface area (Å²) in [5.41, 5.74) is 2.11. The number of amides is 1. The van der Waals surface area contributed by atoms with Crippen molar-refractivity contribution >= 4 is 39.4 Å². The van der Waals surface area contributed by atoms with E-state index >= 15 is 0 Å². The largest absolute Gasteiger partial charge is 0.342 e. The Morgan fingerprint density at radius 2 is 2.15 bits per heavy atom. The molecule has 0 atom stereocenters. The van der Waals surface area contributed by atoms with Gasteiger partial charge < -0.3 is 14.8 Å². The van der Waals surface area contributed by atoms with Gasteiger partial charge in [0, 0.05) is 37.1 Å². The number of fused-ring (bicyclic) bond motifs is 1. The number of nitrogens with one attached hydrogen (secondary N) is 1. The Labute approximate surface area is 156 Å². The van der Waals surface area contributed by atoms with Gasteiger partial charge >= 0.3 is 0 Å². The minimum Gasteiger partial charge on any atom is -0.342 e. The number of nitrogens with zero attached hydrogens (tertiary/aromatic N) is 4. The second-order valence-electron chi connectivity index (χ2n) is 6.39. The molecule has 0 radical (unpaired) electrons. The van der Waals surface area contributed by atoms with E-state index in [1.807, 2.05) is 29.7 Å². The lowest BCUT2D eigenvalue weighted by Crippen LogP contribution is -2.39. The average molecular weight is 367 g/mol.